The van der Waals surface area contributed by atoms with Gasteiger partial charge in [0.25, 0.3) is 0 Å². The van der Waals surface area contributed by atoms with Gasteiger partial charge in [0.15, 0.2) is 0 Å². The van der Waals surface area contributed by atoms with Gasteiger partial charge in [0.1, 0.15) is 4.11 Å². The first kappa shape index (κ1) is 12.7. The van der Waals surface area contributed by atoms with Gasteiger partial charge in [-0.1, -0.05) is 62.6 Å². The van der Waals surface area contributed by atoms with Crippen LogP contribution in [0.15, 0.2) is 0 Å². The Labute approximate surface area is 90.1 Å². The van der Waals surface area contributed by atoms with Crippen molar-refractivity contribution in [1.29, 1.82) is 0 Å². The highest BCUT2D eigenvalue weighted by Gasteiger charge is 2.06. The summed E-state index contributed by atoms with van der Waals surface area (Å²) < 4.78 is -0.156. The van der Waals surface area contributed by atoms with E-state index in [1.165, 1.54) is 19.3 Å². The van der Waals surface area contributed by atoms with Gasteiger partial charge in [-0.25, -0.2) is 0 Å². The maximum atomic E-state index is 9.12. The average molecular weight is 284 g/mol. The molecule has 1 nitrogen and oxygen atoms in total. The Balaban J connectivity index is 3.25. The molecule has 0 spiro atoms. The standard InChI is InChI=1S/C10H21IO/c1-8(2)5-4-6-9(3)7-10(11)12/h8-10,12H,4-7H2,1-3H3. The molecule has 0 heterocycles. The highest BCUT2D eigenvalue weighted by molar-refractivity contribution is 14.1. The molecule has 0 aliphatic rings. The van der Waals surface area contributed by atoms with E-state index in [9.17, 15) is 0 Å². The molecule has 2 unspecified atom stereocenters. The smallest absolute Gasteiger partial charge is 0.105 e. The molecule has 0 amide bonds. The lowest BCUT2D eigenvalue weighted by molar-refractivity contribution is 0.238. The minimum absolute atomic E-state index is 0.156. The number of aliphatic hydroxyl groups is 1. The molecular formula is C10H21IO. The Morgan fingerprint density at radius 1 is 1.17 bits per heavy atom. The first-order valence-corrected chi connectivity index (χ1v) is 6.09. The van der Waals surface area contributed by atoms with Crippen molar-refractivity contribution in [3.05, 3.63) is 0 Å². The number of halogens is 1. The highest BCUT2D eigenvalue weighted by atomic mass is 127. The monoisotopic (exact) mass is 284 g/mol. The Morgan fingerprint density at radius 3 is 2.17 bits per heavy atom. The zero-order valence-corrected chi connectivity index (χ0v) is 10.5. The van der Waals surface area contributed by atoms with Crippen LogP contribution in [-0.4, -0.2) is 9.22 Å². The van der Waals surface area contributed by atoms with Gasteiger partial charge in [-0.05, 0) is 18.3 Å². The largest absolute Gasteiger partial charge is 0.383 e. The van der Waals surface area contributed by atoms with Gasteiger partial charge in [-0.2, -0.15) is 0 Å². The van der Waals surface area contributed by atoms with Crippen molar-refractivity contribution in [3.63, 3.8) is 0 Å². The summed E-state index contributed by atoms with van der Waals surface area (Å²) in [6.07, 6.45) is 4.83. The Hall–Kier alpha value is 0.690. The molecule has 12 heavy (non-hydrogen) atoms. The minimum atomic E-state index is -0.156. The summed E-state index contributed by atoms with van der Waals surface area (Å²) in [6, 6.07) is 0. The summed E-state index contributed by atoms with van der Waals surface area (Å²) in [6.45, 7) is 6.75. The van der Waals surface area contributed by atoms with Gasteiger partial charge in [0, 0.05) is 0 Å². The number of hydrogen-bond donors (Lipinski definition) is 1. The van der Waals surface area contributed by atoms with Crippen molar-refractivity contribution in [2.75, 3.05) is 0 Å². The predicted molar refractivity (Wildman–Crippen MR) is 62.5 cm³/mol. The minimum Gasteiger partial charge on any atom is -0.383 e. The molecule has 0 aliphatic heterocycles. The lowest BCUT2D eigenvalue weighted by Crippen LogP contribution is -2.04. The van der Waals surface area contributed by atoms with Crippen LogP contribution in [-0.2, 0) is 0 Å². The van der Waals surface area contributed by atoms with Crippen LogP contribution in [0.5, 0.6) is 0 Å². The molecule has 0 aromatic heterocycles. The van der Waals surface area contributed by atoms with E-state index in [2.05, 4.69) is 43.4 Å². The summed E-state index contributed by atoms with van der Waals surface area (Å²) >= 11 is 2.08. The van der Waals surface area contributed by atoms with Crippen molar-refractivity contribution in [1.82, 2.24) is 0 Å². The third kappa shape index (κ3) is 8.78. The van der Waals surface area contributed by atoms with E-state index < -0.39 is 0 Å². The van der Waals surface area contributed by atoms with Crippen molar-refractivity contribution in [3.8, 4) is 0 Å². The van der Waals surface area contributed by atoms with Crippen LogP contribution in [0.25, 0.3) is 0 Å². The van der Waals surface area contributed by atoms with Crippen LogP contribution < -0.4 is 0 Å². The van der Waals surface area contributed by atoms with E-state index in [1.54, 1.807) is 0 Å². The normalized spacial score (nSPS) is 16.5. The molecular weight excluding hydrogens is 263 g/mol. The van der Waals surface area contributed by atoms with Crippen LogP contribution in [0.4, 0.5) is 0 Å². The topological polar surface area (TPSA) is 20.2 Å². The van der Waals surface area contributed by atoms with Crippen LogP contribution >= 0.6 is 22.6 Å². The number of rotatable bonds is 6. The summed E-state index contributed by atoms with van der Waals surface area (Å²) in [5.74, 6) is 1.50. The number of hydrogen-bond acceptors (Lipinski definition) is 1. The third-order valence-corrected chi connectivity index (χ3v) is 2.58. The molecule has 0 saturated heterocycles. The highest BCUT2D eigenvalue weighted by Crippen LogP contribution is 2.18. The van der Waals surface area contributed by atoms with Crippen molar-refractivity contribution in [2.45, 2.75) is 50.6 Å². The fourth-order valence-electron chi connectivity index (χ4n) is 1.32. The van der Waals surface area contributed by atoms with Crippen molar-refractivity contribution >= 4 is 22.6 Å². The molecule has 0 fully saturated rings. The summed E-state index contributed by atoms with van der Waals surface area (Å²) in [5.41, 5.74) is 0. The summed E-state index contributed by atoms with van der Waals surface area (Å²) in [5, 5.41) is 9.12. The van der Waals surface area contributed by atoms with Crippen LogP contribution in [0.3, 0.4) is 0 Å². The van der Waals surface area contributed by atoms with E-state index in [1.807, 2.05) is 0 Å². The van der Waals surface area contributed by atoms with Crippen LogP contribution in [0, 0.1) is 11.8 Å². The molecule has 2 heteroatoms. The van der Waals surface area contributed by atoms with Crippen molar-refractivity contribution in [2.24, 2.45) is 11.8 Å². The van der Waals surface area contributed by atoms with Gasteiger partial charge in [-0.3, -0.25) is 0 Å². The third-order valence-electron chi connectivity index (χ3n) is 2.08. The van der Waals surface area contributed by atoms with Crippen molar-refractivity contribution < 1.29 is 5.11 Å². The quantitative estimate of drug-likeness (QED) is 0.583. The second-order valence-electron chi connectivity index (χ2n) is 4.10. The van der Waals surface area contributed by atoms with Gasteiger partial charge in [-0.15, -0.1) is 0 Å². The SMILES string of the molecule is CC(C)CCCC(C)CC(O)I. The molecule has 0 rings (SSSR count). The van der Waals surface area contributed by atoms with E-state index >= 15 is 0 Å². The maximum absolute atomic E-state index is 9.12. The second-order valence-corrected chi connectivity index (χ2v) is 5.54. The molecule has 0 bridgehead atoms. The first-order chi connectivity index (χ1) is 5.52. The lowest BCUT2D eigenvalue weighted by atomic mass is 9.98. The van der Waals surface area contributed by atoms with Gasteiger partial charge in [0.2, 0.25) is 0 Å². The van der Waals surface area contributed by atoms with Gasteiger partial charge in [0.05, 0.1) is 0 Å². The van der Waals surface area contributed by atoms with E-state index in [0.717, 1.165) is 12.3 Å². The molecule has 0 aliphatic carbocycles. The van der Waals surface area contributed by atoms with Crippen LogP contribution in [0.2, 0.25) is 0 Å². The Bertz CT molecular complexity index is 102. The molecule has 1 N–H and O–H groups in total. The van der Waals surface area contributed by atoms with E-state index in [4.69, 9.17) is 5.11 Å². The van der Waals surface area contributed by atoms with Crippen LogP contribution in [0.1, 0.15) is 46.5 Å². The zero-order valence-electron chi connectivity index (χ0n) is 8.39. The molecule has 2 atom stereocenters. The van der Waals surface area contributed by atoms with E-state index in [-0.39, 0.29) is 4.11 Å². The molecule has 0 saturated carbocycles. The Kier molecular flexibility index (Phi) is 7.54. The van der Waals surface area contributed by atoms with E-state index in [0.29, 0.717) is 5.92 Å². The average Bonchev–Trinajstić information content (AvgIpc) is 1.84. The summed E-state index contributed by atoms with van der Waals surface area (Å²) in [7, 11) is 0. The molecule has 0 aromatic rings. The fourth-order valence-corrected chi connectivity index (χ4v) is 2.19. The van der Waals surface area contributed by atoms with Gasteiger partial charge < -0.3 is 5.11 Å². The Morgan fingerprint density at radius 2 is 1.75 bits per heavy atom. The number of alkyl halides is 1. The van der Waals surface area contributed by atoms with Gasteiger partial charge >= 0.3 is 0 Å². The fraction of sp³-hybridized carbons (Fsp3) is 1.00. The maximum Gasteiger partial charge on any atom is 0.105 e. The number of aliphatic hydroxyl groups excluding tert-OH is 1. The molecule has 0 radical (unpaired) electrons. The first-order valence-electron chi connectivity index (χ1n) is 4.84. The second kappa shape index (κ2) is 7.13. The molecule has 74 valence electrons. The predicted octanol–water partition coefficient (Wildman–Crippen LogP) is 3.59. The molecule has 0 aromatic carbocycles. The lowest BCUT2D eigenvalue weighted by Gasteiger charge is -2.12. The zero-order chi connectivity index (χ0) is 9.56. The summed E-state index contributed by atoms with van der Waals surface area (Å²) in [4.78, 5) is 0.